The van der Waals surface area contributed by atoms with E-state index in [0.29, 0.717) is 0 Å². The molecule has 9 aromatic rings. The number of anilines is 3. The van der Waals surface area contributed by atoms with E-state index in [1.807, 2.05) is 12.1 Å². The van der Waals surface area contributed by atoms with Gasteiger partial charge < -0.3 is 9.32 Å². The first-order chi connectivity index (χ1) is 22.8. The predicted molar refractivity (Wildman–Crippen MR) is 194 cm³/mol. The topological polar surface area (TPSA) is 16.4 Å². The maximum absolute atomic E-state index is 6.36. The quantitative estimate of drug-likeness (QED) is 0.186. The van der Waals surface area contributed by atoms with E-state index in [-0.39, 0.29) is 0 Å². The zero-order valence-electron chi connectivity index (χ0n) is 25.1. The van der Waals surface area contributed by atoms with Gasteiger partial charge in [0.1, 0.15) is 11.2 Å². The third-order valence-corrected chi connectivity index (χ3v) is 9.06. The number of hydrogen-bond donors (Lipinski definition) is 0. The lowest BCUT2D eigenvalue weighted by molar-refractivity contribution is 0.669. The molecular formula is C44H29NO. The van der Waals surface area contributed by atoms with E-state index in [0.717, 1.165) is 39.0 Å². The van der Waals surface area contributed by atoms with E-state index in [1.54, 1.807) is 0 Å². The van der Waals surface area contributed by atoms with Gasteiger partial charge in [0.15, 0.2) is 0 Å². The van der Waals surface area contributed by atoms with E-state index < -0.39 is 0 Å². The Labute approximate surface area is 267 Å². The van der Waals surface area contributed by atoms with Crippen LogP contribution in [0.5, 0.6) is 0 Å². The van der Waals surface area contributed by atoms with Crippen LogP contribution in [0, 0.1) is 0 Å². The van der Waals surface area contributed by atoms with Gasteiger partial charge in [-0.25, -0.2) is 0 Å². The highest BCUT2D eigenvalue weighted by Crippen LogP contribution is 2.44. The molecule has 0 amide bonds. The molecular weight excluding hydrogens is 558 g/mol. The summed E-state index contributed by atoms with van der Waals surface area (Å²) in [6, 6.07) is 62.8. The summed E-state index contributed by atoms with van der Waals surface area (Å²) in [6.07, 6.45) is 0. The molecule has 2 heteroatoms. The fraction of sp³-hybridized carbons (Fsp3) is 0. The van der Waals surface area contributed by atoms with Gasteiger partial charge in [-0.3, -0.25) is 0 Å². The highest BCUT2D eigenvalue weighted by atomic mass is 16.3. The van der Waals surface area contributed by atoms with Crippen LogP contribution in [0.4, 0.5) is 17.1 Å². The molecule has 2 nitrogen and oxygen atoms in total. The molecule has 8 aromatic carbocycles. The van der Waals surface area contributed by atoms with Crippen LogP contribution in [0.15, 0.2) is 180 Å². The smallest absolute Gasteiger partial charge is 0.137 e. The van der Waals surface area contributed by atoms with Crippen molar-refractivity contribution in [2.75, 3.05) is 4.90 Å². The van der Waals surface area contributed by atoms with Crippen LogP contribution in [-0.4, -0.2) is 0 Å². The molecule has 0 spiro atoms. The molecule has 0 radical (unpaired) electrons. The summed E-state index contributed by atoms with van der Waals surface area (Å²) < 4.78 is 6.36. The number of benzene rings is 8. The van der Waals surface area contributed by atoms with Crippen LogP contribution in [0.1, 0.15) is 0 Å². The van der Waals surface area contributed by atoms with Crippen LogP contribution in [0.2, 0.25) is 0 Å². The third kappa shape index (κ3) is 4.43. The first-order valence-electron chi connectivity index (χ1n) is 15.7. The normalized spacial score (nSPS) is 11.5. The Hall–Kier alpha value is -6.12. The summed E-state index contributed by atoms with van der Waals surface area (Å²) in [4.78, 5) is 2.36. The number of nitrogens with zero attached hydrogens (tertiary/aromatic N) is 1. The number of hydrogen-bond acceptors (Lipinski definition) is 2. The zero-order valence-corrected chi connectivity index (χ0v) is 25.1. The molecule has 46 heavy (non-hydrogen) atoms. The summed E-state index contributed by atoms with van der Waals surface area (Å²) in [5.74, 6) is 0. The summed E-state index contributed by atoms with van der Waals surface area (Å²) in [6.45, 7) is 0. The first-order valence-corrected chi connectivity index (χ1v) is 15.7. The Morgan fingerprint density at radius 1 is 0.326 bits per heavy atom. The Morgan fingerprint density at radius 3 is 1.59 bits per heavy atom. The minimum atomic E-state index is 0.879. The lowest BCUT2D eigenvalue weighted by Gasteiger charge is -2.27. The van der Waals surface area contributed by atoms with Gasteiger partial charge in [0, 0.05) is 33.6 Å². The van der Waals surface area contributed by atoms with E-state index in [1.165, 1.54) is 43.8 Å². The summed E-state index contributed by atoms with van der Waals surface area (Å²) in [5.41, 5.74) is 9.86. The number of para-hydroxylation sites is 1. The minimum absolute atomic E-state index is 0.879. The van der Waals surface area contributed by atoms with Crippen molar-refractivity contribution < 1.29 is 4.42 Å². The molecule has 0 atom stereocenters. The number of rotatable bonds is 5. The monoisotopic (exact) mass is 587 g/mol. The van der Waals surface area contributed by atoms with Gasteiger partial charge in [-0.15, -0.1) is 0 Å². The largest absolute Gasteiger partial charge is 0.456 e. The predicted octanol–water partition coefficient (Wildman–Crippen LogP) is 12.7. The molecule has 9 rings (SSSR count). The van der Waals surface area contributed by atoms with E-state index in [4.69, 9.17) is 4.42 Å². The zero-order chi connectivity index (χ0) is 30.5. The maximum Gasteiger partial charge on any atom is 0.137 e. The van der Waals surface area contributed by atoms with Gasteiger partial charge in [-0.1, -0.05) is 133 Å². The SMILES string of the molecule is c1ccc(-c2ccc(-c3ccc(N(c4ccc5c(c4)oc4ccccc45)c4cc5ccccc5c5ccccc45)cc3)cc2)cc1. The van der Waals surface area contributed by atoms with Gasteiger partial charge >= 0.3 is 0 Å². The number of fused-ring (bicyclic) bond motifs is 6. The lowest BCUT2D eigenvalue weighted by Crippen LogP contribution is -2.10. The summed E-state index contributed by atoms with van der Waals surface area (Å²) in [5, 5.41) is 7.16. The second-order valence-electron chi connectivity index (χ2n) is 11.8. The Bertz CT molecular complexity index is 2510. The molecule has 1 aromatic heterocycles. The fourth-order valence-electron chi connectivity index (χ4n) is 6.79. The Kier molecular flexibility index (Phi) is 6.17. The van der Waals surface area contributed by atoms with Crippen LogP contribution in [0.3, 0.4) is 0 Å². The van der Waals surface area contributed by atoms with Crippen LogP contribution >= 0.6 is 0 Å². The summed E-state index contributed by atoms with van der Waals surface area (Å²) in [7, 11) is 0. The highest BCUT2D eigenvalue weighted by Gasteiger charge is 2.19. The molecule has 0 saturated carbocycles. The lowest BCUT2D eigenvalue weighted by atomic mass is 9.98. The molecule has 216 valence electrons. The molecule has 1 heterocycles. The molecule has 0 bridgehead atoms. The fourth-order valence-corrected chi connectivity index (χ4v) is 6.79. The van der Waals surface area contributed by atoms with E-state index in [2.05, 4.69) is 169 Å². The number of furan rings is 1. The van der Waals surface area contributed by atoms with Gasteiger partial charge in [0.2, 0.25) is 0 Å². The summed E-state index contributed by atoms with van der Waals surface area (Å²) >= 11 is 0. The molecule has 0 aliphatic heterocycles. The maximum atomic E-state index is 6.36. The van der Waals surface area contributed by atoms with Gasteiger partial charge in [0.25, 0.3) is 0 Å². The van der Waals surface area contributed by atoms with Gasteiger partial charge in [-0.05, 0) is 74.8 Å². The van der Waals surface area contributed by atoms with Crippen molar-refractivity contribution >= 4 is 60.5 Å². The molecule has 0 saturated heterocycles. The minimum Gasteiger partial charge on any atom is -0.456 e. The Balaban J connectivity index is 1.20. The van der Waals surface area contributed by atoms with Crippen LogP contribution < -0.4 is 4.90 Å². The Morgan fingerprint density at radius 2 is 0.848 bits per heavy atom. The average molecular weight is 588 g/mol. The van der Waals surface area contributed by atoms with Crippen molar-refractivity contribution in [3.8, 4) is 22.3 Å². The molecule has 0 aliphatic rings. The average Bonchev–Trinajstić information content (AvgIpc) is 3.51. The van der Waals surface area contributed by atoms with Crippen molar-refractivity contribution in [2.45, 2.75) is 0 Å². The highest BCUT2D eigenvalue weighted by molar-refractivity contribution is 6.15. The molecule has 0 aliphatic carbocycles. The second kappa shape index (κ2) is 10.8. The standard InChI is InChI=1S/C44H29NO/c1-2-10-30(11-3-1)31-18-20-32(21-19-31)33-22-24-35(25-23-33)45(36-26-27-41-40-16-8-9-17-43(40)46-44(41)29-36)42-28-34-12-4-5-13-37(34)38-14-6-7-15-39(38)42/h1-29H. The van der Waals surface area contributed by atoms with Crippen molar-refractivity contribution in [3.63, 3.8) is 0 Å². The van der Waals surface area contributed by atoms with Crippen molar-refractivity contribution in [3.05, 3.63) is 176 Å². The van der Waals surface area contributed by atoms with Crippen molar-refractivity contribution in [1.29, 1.82) is 0 Å². The van der Waals surface area contributed by atoms with Crippen molar-refractivity contribution in [1.82, 2.24) is 0 Å². The van der Waals surface area contributed by atoms with Gasteiger partial charge in [-0.2, -0.15) is 0 Å². The molecule has 0 N–H and O–H groups in total. The van der Waals surface area contributed by atoms with Gasteiger partial charge in [0.05, 0.1) is 5.69 Å². The molecule has 0 unspecified atom stereocenters. The van der Waals surface area contributed by atoms with Crippen molar-refractivity contribution in [2.24, 2.45) is 0 Å². The van der Waals surface area contributed by atoms with Crippen LogP contribution in [-0.2, 0) is 0 Å². The van der Waals surface area contributed by atoms with E-state index in [9.17, 15) is 0 Å². The second-order valence-corrected chi connectivity index (χ2v) is 11.8. The third-order valence-electron chi connectivity index (χ3n) is 9.06. The van der Waals surface area contributed by atoms with Crippen LogP contribution in [0.25, 0.3) is 65.7 Å². The molecule has 0 fully saturated rings. The first kappa shape index (κ1) is 26.3. The van der Waals surface area contributed by atoms with E-state index >= 15 is 0 Å².